The molecule has 150 valence electrons. The van der Waals surface area contributed by atoms with Gasteiger partial charge in [0.2, 0.25) is 5.95 Å². The molecule has 2 aromatic heterocycles. The smallest absolute Gasteiger partial charge is 0.295 e. The molecule has 0 aliphatic carbocycles. The minimum Gasteiger partial charge on any atom is -0.353 e. The largest absolute Gasteiger partial charge is 0.353 e. The number of rotatable bonds is 8. The standard InChI is InChI=1S/C19H20FN7O2/c1-26(2)10-9-22-19-24-16(13-5-7-21-8-6-13)12-18(25-19)23-15-4-3-14(20)11-17(15)27(28)29/h3-8,11-12H,9-10H2,1-2H3,(H2,22,23,24,25). The van der Waals surface area contributed by atoms with Crippen LogP contribution in [0, 0.1) is 15.9 Å². The Hall–Kier alpha value is -3.66. The predicted molar refractivity (Wildman–Crippen MR) is 109 cm³/mol. The highest BCUT2D eigenvalue weighted by molar-refractivity contribution is 5.71. The highest BCUT2D eigenvalue weighted by Gasteiger charge is 2.16. The fourth-order valence-corrected chi connectivity index (χ4v) is 2.55. The lowest BCUT2D eigenvalue weighted by molar-refractivity contribution is -0.384. The van der Waals surface area contributed by atoms with E-state index in [1.165, 1.54) is 6.07 Å². The van der Waals surface area contributed by atoms with Crippen LogP contribution in [0.4, 0.5) is 27.5 Å². The average Bonchev–Trinajstić information content (AvgIpc) is 2.69. The number of pyridine rings is 1. The molecule has 2 heterocycles. The molecule has 0 fully saturated rings. The molecule has 3 rings (SSSR count). The number of likely N-dealkylation sites (N-methyl/N-ethyl adjacent to an activating group) is 1. The van der Waals surface area contributed by atoms with Gasteiger partial charge in [-0.05, 0) is 38.4 Å². The van der Waals surface area contributed by atoms with Gasteiger partial charge < -0.3 is 15.5 Å². The first kappa shape index (κ1) is 20.1. The van der Waals surface area contributed by atoms with Crippen molar-refractivity contribution in [1.82, 2.24) is 19.9 Å². The molecule has 0 amide bonds. The van der Waals surface area contributed by atoms with Gasteiger partial charge in [-0.1, -0.05) is 0 Å². The summed E-state index contributed by atoms with van der Waals surface area (Å²) >= 11 is 0. The van der Waals surface area contributed by atoms with Gasteiger partial charge in [-0.25, -0.2) is 9.37 Å². The van der Waals surface area contributed by atoms with E-state index in [1.807, 2.05) is 19.0 Å². The zero-order valence-corrected chi connectivity index (χ0v) is 16.0. The van der Waals surface area contributed by atoms with Crippen molar-refractivity contribution in [2.45, 2.75) is 0 Å². The van der Waals surface area contributed by atoms with Crippen molar-refractivity contribution in [3.05, 3.63) is 64.7 Å². The van der Waals surface area contributed by atoms with Gasteiger partial charge in [0.25, 0.3) is 5.69 Å². The first-order chi connectivity index (χ1) is 13.9. The number of nitro groups is 1. The molecule has 0 aliphatic rings. The molecule has 0 saturated heterocycles. The van der Waals surface area contributed by atoms with Crippen LogP contribution in [-0.4, -0.2) is 52.0 Å². The average molecular weight is 397 g/mol. The summed E-state index contributed by atoms with van der Waals surface area (Å²) in [5.74, 6) is 0.0238. The van der Waals surface area contributed by atoms with E-state index in [4.69, 9.17) is 0 Å². The normalized spacial score (nSPS) is 10.8. The quantitative estimate of drug-likeness (QED) is 0.440. The third kappa shape index (κ3) is 5.42. The lowest BCUT2D eigenvalue weighted by Crippen LogP contribution is -2.21. The molecular formula is C19H20FN7O2. The van der Waals surface area contributed by atoms with Crippen LogP contribution in [0.3, 0.4) is 0 Å². The Bertz CT molecular complexity index is 999. The van der Waals surface area contributed by atoms with E-state index in [0.29, 0.717) is 24.0 Å². The van der Waals surface area contributed by atoms with Gasteiger partial charge in [-0.3, -0.25) is 15.1 Å². The summed E-state index contributed by atoms with van der Waals surface area (Å²) in [5, 5.41) is 17.3. The second-order valence-electron chi connectivity index (χ2n) is 6.47. The topological polar surface area (TPSA) is 109 Å². The van der Waals surface area contributed by atoms with Gasteiger partial charge in [-0.2, -0.15) is 4.98 Å². The molecule has 2 N–H and O–H groups in total. The van der Waals surface area contributed by atoms with Crippen molar-refractivity contribution in [3.8, 4) is 11.3 Å². The Morgan fingerprint density at radius 2 is 1.90 bits per heavy atom. The third-order valence-corrected chi connectivity index (χ3v) is 3.96. The molecule has 0 radical (unpaired) electrons. The van der Waals surface area contributed by atoms with Gasteiger partial charge in [0, 0.05) is 37.1 Å². The molecule has 29 heavy (non-hydrogen) atoms. The molecule has 0 aliphatic heterocycles. The number of benzene rings is 1. The highest BCUT2D eigenvalue weighted by Crippen LogP contribution is 2.29. The van der Waals surface area contributed by atoms with Crippen LogP contribution < -0.4 is 10.6 Å². The maximum Gasteiger partial charge on any atom is 0.295 e. The molecule has 0 atom stereocenters. The van der Waals surface area contributed by atoms with Gasteiger partial charge in [0.15, 0.2) is 0 Å². The van der Waals surface area contributed by atoms with Gasteiger partial charge in [0.05, 0.1) is 16.7 Å². The van der Waals surface area contributed by atoms with Gasteiger partial charge >= 0.3 is 0 Å². The number of halogens is 1. The van der Waals surface area contributed by atoms with Crippen molar-refractivity contribution < 1.29 is 9.31 Å². The number of nitro benzene ring substituents is 1. The maximum atomic E-state index is 13.4. The van der Waals surface area contributed by atoms with Gasteiger partial charge in [0.1, 0.15) is 17.3 Å². The lowest BCUT2D eigenvalue weighted by atomic mass is 10.2. The molecule has 3 aromatic rings. The summed E-state index contributed by atoms with van der Waals surface area (Å²) in [6, 6.07) is 8.59. The minimum atomic E-state index is -0.687. The van der Waals surface area contributed by atoms with Crippen molar-refractivity contribution >= 4 is 23.1 Å². The molecule has 10 heteroatoms. The van der Waals surface area contributed by atoms with E-state index >= 15 is 0 Å². The fraction of sp³-hybridized carbons (Fsp3) is 0.211. The minimum absolute atomic E-state index is 0.134. The summed E-state index contributed by atoms with van der Waals surface area (Å²) in [5.41, 5.74) is 1.18. The second-order valence-corrected chi connectivity index (χ2v) is 6.47. The summed E-state index contributed by atoms with van der Waals surface area (Å²) in [6.07, 6.45) is 3.29. The van der Waals surface area contributed by atoms with Crippen LogP contribution in [0.2, 0.25) is 0 Å². The Kier molecular flexibility index (Phi) is 6.25. The Morgan fingerprint density at radius 1 is 1.14 bits per heavy atom. The first-order valence-electron chi connectivity index (χ1n) is 8.81. The molecule has 0 spiro atoms. The fourth-order valence-electron chi connectivity index (χ4n) is 2.55. The number of hydrogen-bond acceptors (Lipinski definition) is 8. The molecular weight excluding hydrogens is 377 g/mol. The first-order valence-corrected chi connectivity index (χ1v) is 8.81. The molecule has 0 unspecified atom stereocenters. The third-order valence-electron chi connectivity index (χ3n) is 3.96. The Morgan fingerprint density at radius 3 is 2.59 bits per heavy atom. The SMILES string of the molecule is CN(C)CCNc1nc(Nc2ccc(F)cc2[N+](=O)[O-])cc(-c2ccncc2)n1. The van der Waals surface area contributed by atoms with E-state index in [0.717, 1.165) is 24.2 Å². The Balaban J connectivity index is 1.96. The number of anilines is 3. The van der Waals surface area contributed by atoms with Crippen LogP contribution in [0.1, 0.15) is 0 Å². The lowest BCUT2D eigenvalue weighted by Gasteiger charge is -2.13. The van der Waals surface area contributed by atoms with Crippen molar-refractivity contribution in [1.29, 1.82) is 0 Å². The molecule has 0 bridgehead atoms. The maximum absolute atomic E-state index is 13.4. The van der Waals surface area contributed by atoms with E-state index in [1.54, 1.807) is 30.6 Å². The van der Waals surface area contributed by atoms with Gasteiger partial charge in [-0.15, -0.1) is 0 Å². The number of nitrogens with zero attached hydrogens (tertiary/aromatic N) is 5. The van der Waals surface area contributed by atoms with Crippen molar-refractivity contribution in [3.63, 3.8) is 0 Å². The molecule has 9 nitrogen and oxygen atoms in total. The predicted octanol–water partition coefficient (Wildman–Crippen LogP) is 3.30. The van der Waals surface area contributed by atoms with Crippen LogP contribution in [0.5, 0.6) is 0 Å². The van der Waals surface area contributed by atoms with E-state index in [-0.39, 0.29) is 11.4 Å². The second kappa shape index (κ2) is 9.02. The van der Waals surface area contributed by atoms with Crippen LogP contribution in [0.15, 0.2) is 48.8 Å². The van der Waals surface area contributed by atoms with Crippen LogP contribution in [-0.2, 0) is 0 Å². The van der Waals surface area contributed by atoms with Crippen LogP contribution in [0.25, 0.3) is 11.3 Å². The number of nitrogens with one attached hydrogen (secondary N) is 2. The number of aromatic nitrogens is 3. The van der Waals surface area contributed by atoms with E-state index < -0.39 is 10.7 Å². The van der Waals surface area contributed by atoms with Crippen molar-refractivity contribution in [2.75, 3.05) is 37.8 Å². The van der Waals surface area contributed by atoms with E-state index in [9.17, 15) is 14.5 Å². The molecule has 0 saturated carbocycles. The molecule has 1 aromatic carbocycles. The monoisotopic (exact) mass is 397 g/mol. The van der Waals surface area contributed by atoms with E-state index in [2.05, 4.69) is 25.6 Å². The van der Waals surface area contributed by atoms with Crippen LogP contribution >= 0.6 is 0 Å². The van der Waals surface area contributed by atoms with Crippen molar-refractivity contribution in [2.24, 2.45) is 0 Å². The summed E-state index contributed by atoms with van der Waals surface area (Å²) < 4.78 is 13.4. The Labute approximate surface area is 166 Å². The highest BCUT2D eigenvalue weighted by atomic mass is 19.1. The number of hydrogen-bond donors (Lipinski definition) is 2. The summed E-state index contributed by atoms with van der Waals surface area (Å²) in [6.45, 7) is 1.39. The summed E-state index contributed by atoms with van der Waals surface area (Å²) in [7, 11) is 3.91. The zero-order valence-electron chi connectivity index (χ0n) is 16.0. The zero-order chi connectivity index (χ0) is 20.8. The summed E-state index contributed by atoms with van der Waals surface area (Å²) in [4.78, 5) is 25.5.